The van der Waals surface area contributed by atoms with Gasteiger partial charge in [-0.3, -0.25) is 0 Å². The predicted octanol–water partition coefficient (Wildman–Crippen LogP) is 4.56. The highest BCUT2D eigenvalue weighted by molar-refractivity contribution is 5.20. The highest BCUT2D eigenvalue weighted by Crippen LogP contribution is 2.20. The van der Waals surface area contributed by atoms with Crippen molar-refractivity contribution in [3.05, 3.63) is 84.4 Å². The van der Waals surface area contributed by atoms with Crippen LogP contribution in [-0.4, -0.2) is 6.61 Å². The van der Waals surface area contributed by atoms with Crippen molar-refractivity contribution in [3.63, 3.8) is 0 Å². The van der Waals surface area contributed by atoms with E-state index in [2.05, 4.69) is 43.0 Å². The minimum absolute atomic E-state index is 0.391. The van der Waals surface area contributed by atoms with Crippen LogP contribution in [0.3, 0.4) is 0 Å². The molecule has 0 aliphatic rings. The summed E-state index contributed by atoms with van der Waals surface area (Å²) in [4.78, 5) is 0. The molecule has 0 aliphatic carbocycles. The fourth-order valence-corrected chi connectivity index (χ4v) is 2.12. The zero-order chi connectivity index (χ0) is 13.3. The van der Waals surface area contributed by atoms with E-state index in [1.54, 1.807) is 0 Å². The second kappa shape index (κ2) is 7.55. The predicted molar refractivity (Wildman–Crippen MR) is 80.1 cm³/mol. The second-order valence-electron chi connectivity index (χ2n) is 4.63. The molecule has 0 bridgehead atoms. The quantitative estimate of drug-likeness (QED) is 0.656. The normalized spacial score (nSPS) is 12.0. The maximum atomic E-state index is 5.84. The van der Waals surface area contributed by atoms with Gasteiger partial charge in [0.15, 0.2) is 0 Å². The molecule has 0 amide bonds. The zero-order valence-corrected chi connectivity index (χ0v) is 11.2. The van der Waals surface area contributed by atoms with E-state index in [0.29, 0.717) is 12.5 Å². The summed E-state index contributed by atoms with van der Waals surface area (Å²) < 4.78 is 5.84. The van der Waals surface area contributed by atoms with Gasteiger partial charge in [0.05, 0.1) is 13.2 Å². The van der Waals surface area contributed by atoms with Crippen LogP contribution in [0.2, 0.25) is 0 Å². The van der Waals surface area contributed by atoms with E-state index in [0.717, 1.165) is 13.0 Å². The van der Waals surface area contributed by atoms with Gasteiger partial charge < -0.3 is 4.74 Å². The Labute approximate surface area is 115 Å². The number of hydrogen-bond acceptors (Lipinski definition) is 1. The molecule has 0 aliphatic heterocycles. The number of allylic oxidation sites excluding steroid dienone is 1. The van der Waals surface area contributed by atoms with Crippen molar-refractivity contribution >= 4 is 0 Å². The Morgan fingerprint density at radius 2 is 1.58 bits per heavy atom. The van der Waals surface area contributed by atoms with Crippen LogP contribution in [0.4, 0.5) is 0 Å². The Balaban J connectivity index is 1.89. The molecule has 19 heavy (non-hydrogen) atoms. The Bertz CT molecular complexity index is 476. The molecule has 1 nitrogen and oxygen atoms in total. The van der Waals surface area contributed by atoms with E-state index in [9.17, 15) is 0 Å². The molecule has 0 spiro atoms. The molecule has 0 saturated carbocycles. The Morgan fingerprint density at radius 3 is 2.21 bits per heavy atom. The van der Waals surface area contributed by atoms with Gasteiger partial charge in [0.1, 0.15) is 0 Å². The lowest BCUT2D eigenvalue weighted by Crippen LogP contribution is -2.07. The van der Waals surface area contributed by atoms with E-state index in [1.165, 1.54) is 11.1 Å². The maximum absolute atomic E-state index is 5.84. The highest BCUT2D eigenvalue weighted by atomic mass is 16.5. The summed E-state index contributed by atoms with van der Waals surface area (Å²) in [6.45, 7) is 5.23. The summed E-state index contributed by atoms with van der Waals surface area (Å²) in [5.74, 6) is 0.391. The fourth-order valence-electron chi connectivity index (χ4n) is 2.12. The van der Waals surface area contributed by atoms with Crippen molar-refractivity contribution < 1.29 is 4.74 Å². The van der Waals surface area contributed by atoms with Crippen molar-refractivity contribution in [1.29, 1.82) is 0 Å². The van der Waals surface area contributed by atoms with Gasteiger partial charge in [0.25, 0.3) is 0 Å². The second-order valence-corrected chi connectivity index (χ2v) is 4.63. The van der Waals surface area contributed by atoms with Gasteiger partial charge >= 0.3 is 0 Å². The fraction of sp³-hybridized carbons (Fsp3) is 0.222. The number of ether oxygens (including phenoxy) is 1. The molecule has 0 aromatic heterocycles. The molecule has 0 heterocycles. The Hall–Kier alpha value is -1.86. The summed E-state index contributed by atoms with van der Waals surface area (Å²) in [7, 11) is 0. The van der Waals surface area contributed by atoms with Crippen LogP contribution in [-0.2, 0) is 11.3 Å². The number of benzene rings is 2. The molecule has 0 N–H and O–H groups in total. The zero-order valence-electron chi connectivity index (χ0n) is 11.2. The third kappa shape index (κ3) is 4.38. The van der Waals surface area contributed by atoms with E-state index >= 15 is 0 Å². The first-order valence-electron chi connectivity index (χ1n) is 6.67. The maximum Gasteiger partial charge on any atom is 0.0717 e. The van der Waals surface area contributed by atoms with Crippen LogP contribution in [0.1, 0.15) is 23.5 Å². The third-order valence-electron chi connectivity index (χ3n) is 3.15. The van der Waals surface area contributed by atoms with Gasteiger partial charge in [-0.15, -0.1) is 6.58 Å². The molecular weight excluding hydrogens is 232 g/mol. The lowest BCUT2D eigenvalue weighted by molar-refractivity contribution is 0.107. The summed E-state index contributed by atoms with van der Waals surface area (Å²) >= 11 is 0. The van der Waals surface area contributed by atoms with Crippen LogP contribution in [0.5, 0.6) is 0 Å². The summed E-state index contributed by atoms with van der Waals surface area (Å²) in [5.41, 5.74) is 2.53. The van der Waals surface area contributed by atoms with Crippen LogP contribution in [0.25, 0.3) is 0 Å². The molecule has 0 saturated heterocycles. The van der Waals surface area contributed by atoms with Crippen molar-refractivity contribution in [2.45, 2.75) is 18.9 Å². The third-order valence-corrected chi connectivity index (χ3v) is 3.15. The smallest absolute Gasteiger partial charge is 0.0717 e. The Kier molecular flexibility index (Phi) is 5.39. The minimum atomic E-state index is 0.391. The van der Waals surface area contributed by atoms with E-state index in [4.69, 9.17) is 4.74 Å². The first-order chi connectivity index (χ1) is 9.40. The van der Waals surface area contributed by atoms with Gasteiger partial charge in [-0.2, -0.15) is 0 Å². The molecule has 98 valence electrons. The van der Waals surface area contributed by atoms with Crippen molar-refractivity contribution in [1.82, 2.24) is 0 Å². The first kappa shape index (κ1) is 13.6. The molecule has 0 unspecified atom stereocenters. The van der Waals surface area contributed by atoms with Crippen LogP contribution < -0.4 is 0 Å². The average molecular weight is 252 g/mol. The molecule has 0 fully saturated rings. The largest absolute Gasteiger partial charge is 0.376 e. The Morgan fingerprint density at radius 1 is 0.947 bits per heavy atom. The van der Waals surface area contributed by atoms with Crippen molar-refractivity contribution in [2.24, 2.45) is 0 Å². The van der Waals surface area contributed by atoms with Gasteiger partial charge in [0.2, 0.25) is 0 Å². The highest BCUT2D eigenvalue weighted by Gasteiger charge is 2.09. The van der Waals surface area contributed by atoms with E-state index < -0.39 is 0 Å². The number of hydrogen-bond donors (Lipinski definition) is 0. The standard InChI is InChI=1S/C18H20O/c1-2-9-18(17-12-7-4-8-13-17)15-19-14-16-10-5-3-6-11-16/h2-8,10-13,18H,1,9,14-15H2/t18-/m1/s1. The monoisotopic (exact) mass is 252 g/mol. The summed E-state index contributed by atoms with van der Waals surface area (Å²) in [6, 6.07) is 20.8. The molecule has 0 radical (unpaired) electrons. The van der Waals surface area contributed by atoms with Crippen LogP contribution >= 0.6 is 0 Å². The molecule has 2 aromatic carbocycles. The van der Waals surface area contributed by atoms with Crippen molar-refractivity contribution in [2.75, 3.05) is 6.61 Å². The van der Waals surface area contributed by atoms with Crippen LogP contribution in [0.15, 0.2) is 73.3 Å². The topological polar surface area (TPSA) is 9.23 Å². The molecule has 2 aromatic rings. The van der Waals surface area contributed by atoms with E-state index in [1.807, 2.05) is 30.3 Å². The first-order valence-corrected chi connectivity index (χ1v) is 6.67. The molecule has 1 atom stereocenters. The lowest BCUT2D eigenvalue weighted by atomic mass is 9.97. The van der Waals surface area contributed by atoms with Gasteiger partial charge in [-0.25, -0.2) is 0 Å². The van der Waals surface area contributed by atoms with E-state index in [-0.39, 0.29) is 0 Å². The minimum Gasteiger partial charge on any atom is -0.376 e. The molecular formula is C18H20O. The molecule has 2 rings (SSSR count). The summed E-state index contributed by atoms with van der Waals surface area (Å²) in [6.07, 6.45) is 2.91. The number of rotatable bonds is 7. The molecule has 1 heteroatoms. The summed E-state index contributed by atoms with van der Waals surface area (Å²) in [5, 5.41) is 0. The van der Waals surface area contributed by atoms with Crippen molar-refractivity contribution in [3.8, 4) is 0 Å². The average Bonchev–Trinajstić information content (AvgIpc) is 2.48. The van der Waals surface area contributed by atoms with Gasteiger partial charge in [-0.1, -0.05) is 66.7 Å². The van der Waals surface area contributed by atoms with Crippen LogP contribution in [0, 0.1) is 0 Å². The van der Waals surface area contributed by atoms with Gasteiger partial charge in [-0.05, 0) is 17.5 Å². The lowest BCUT2D eigenvalue weighted by Gasteiger charge is -2.16. The van der Waals surface area contributed by atoms with Gasteiger partial charge in [0, 0.05) is 5.92 Å². The SMILES string of the molecule is C=CC[C@H](COCc1ccccc1)c1ccccc1.